The molecule has 252 valence electrons. The van der Waals surface area contributed by atoms with Crippen molar-refractivity contribution in [2.75, 3.05) is 0 Å². The lowest BCUT2D eigenvalue weighted by atomic mass is 9.84. The molecule has 0 spiro atoms. The van der Waals surface area contributed by atoms with Gasteiger partial charge in [0.2, 0.25) is 5.82 Å². The van der Waals surface area contributed by atoms with E-state index in [9.17, 15) is 51.8 Å². The van der Waals surface area contributed by atoms with E-state index >= 15 is 8.78 Å². The SMILES string of the molecule is Cc1c(F)c(F)c(-c2ccc3c(c2)C(=C(C#N)C#N)c2cc4c(cc2-3)C(C(C#N)C#N)c2cc(-c3c(F)c(F)c(F)c(F)c3F)ccc2-4)c(F)c1F. The van der Waals surface area contributed by atoms with Gasteiger partial charge in [0, 0.05) is 17.1 Å². The molecular formula is C39H13F9N4. The van der Waals surface area contributed by atoms with Gasteiger partial charge in [-0.15, -0.1) is 0 Å². The maximum atomic E-state index is 15.1. The van der Waals surface area contributed by atoms with Gasteiger partial charge in [-0.3, -0.25) is 0 Å². The van der Waals surface area contributed by atoms with Crippen LogP contribution in [0.1, 0.15) is 33.7 Å². The third-order valence-corrected chi connectivity index (χ3v) is 9.41. The van der Waals surface area contributed by atoms with Crippen LogP contribution in [-0.2, 0) is 0 Å². The van der Waals surface area contributed by atoms with Crippen molar-refractivity contribution in [1.82, 2.24) is 0 Å². The highest BCUT2D eigenvalue weighted by molar-refractivity contribution is 6.07. The second kappa shape index (κ2) is 11.9. The molecule has 0 saturated carbocycles. The van der Waals surface area contributed by atoms with E-state index in [-0.39, 0.29) is 39.0 Å². The number of halogens is 9. The zero-order valence-electron chi connectivity index (χ0n) is 26.0. The molecule has 2 aliphatic rings. The Morgan fingerprint density at radius 3 is 1.50 bits per heavy atom. The Hall–Kier alpha value is -6.83. The maximum Gasteiger partial charge on any atom is 0.200 e. The van der Waals surface area contributed by atoms with Crippen molar-refractivity contribution in [3.63, 3.8) is 0 Å². The smallest absolute Gasteiger partial charge is 0.200 e. The van der Waals surface area contributed by atoms with Crippen molar-refractivity contribution in [2.45, 2.75) is 12.8 Å². The first kappa shape index (κ1) is 33.7. The molecule has 2 aliphatic carbocycles. The van der Waals surface area contributed by atoms with Crippen LogP contribution in [-0.4, -0.2) is 0 Å². The van der Waals surface area contributed by atoms with Crippen molar-refractivity contribution in [3.8, 4) is 68.8 Å². The summed E-state index contributed by atoms with van der Waals surface area (Å²) in [7, 11) is 0. The van der Waals surface area contributed by atoms with Gasteiger partial charge in [0.05, 0.1) is 23.3 Å². The maximum absolute atomic E-state index is 15.1. The molecule has 5 aromatic rings. The quantitative estimate of drug-likeness (QED) is 0.0792. The number of hydrogen-bond donors (Lipinski definition) is 0. The molecule has 0 bridgehead atoms. The molecule has 0 heterocycles. The van der Waals surface area contributed by atoms with E-state index in [4.69, 9.17) is 0 Å². The minimum atomic E-state index is -2.35. The largest absolute Gasteiger partial charge is 0.203 e. The molecule has 52 heavy (non-hydrogen) atoms. The highest BCUT2D eigenvalue weighted by atomic mass is 19.2. The summed E-state index contributed by atoms with van der Waals surface area (Å²) >= 11 is 0. The summed E-state index contributed by atoms with van der Waals surface area (Å²) in [5.41, 5.74) is -2.41. The van der Waals surface area contributed by atoms with Crippen molar-refractivity contribution < 1.29 is 39.5 Å². The molecule has 7 rings (SSSR count). The van der Waals surface area contributed by atoms with Crippen LogP contribution in [0, 0.1) is 111 Å². The average molecular weight is 709 g/mol. The zero-order chi connectivity index (χ0) is 37.5. The molecule has 0 radical (unpaired) electrons. The minimum absolute atomic E-state index is 0.0198. The van der Waals surface area contributed by atoms with E-state index in [1.165, 1.54) is 30.3 Å². The van der Waals surface area contributed by atoms with E-state index in [0.29, 0.717) is 16.7 Å². The van der Waals surface area contributed by atoms with Gasteiger partial charge >= 0.3 is 0 Å². The molecule has 13 heteroatoms. The summed E-state index contributed by atoms with van der Waals surface area (Å²) in [6.07, 6.45) is 0. The van der Waals surface area contributed by atoms with Gasteiger partial charge in [-0.2, -0.15) is 21.0 Å². The van der Waals surface area contributed by atoms with Gasteiger partial charge in [-0.25, -0.2) is 39.5 Å². The summed E-state index contributed by atoms with van der Waals surface area (Å²) in [6.45, 7) is 0.862. The number of nitrogens with zero attached hydrogens (tertiary/aromatic N) is 4. The van der Waals surface area contributed by atoms with Crippen molar-refractivity contribution in [1.29, 1.82) is 21.0 Å². The molecule has 4 nitrogen and oxygen atoms in total. The third kappa shape index (κ3) is 4.46. The summed E-state index contributed by atoms with van der Waals surface area (Å²) in [5.74, 6) is -20.0. The van der Waals surface area contributed by atoms with Gasteiger partial charge < -0.3 is 0 Å². The molecule has 5 aromatic carbocycles. The molecule has 1 atom stereocenters. The lowest BCUT2D eigenvalue weighted by molar-refractivity contribution is 0.381. The van der Waals surface area contributed by atoms with Crippen LogP contribution in [0.4, 0.5) is 39.5 Å². The van der Waals surface area contributed by atoms with Gasteiger partial charge in [0.1, 0.15) is 23.6 Å². The Morgan fingerprint density at radius 2 is 0.962 bits per heavy atom. The summed E-state index contributed by atoms with van der Waals surface area (Å²) in [6, 6.07) is 17.5. The average Bonchev–Trinajstić information content (AvgIpc) is 3.63. The second-order valence-corrected chi connectivity index (χ2v) is 11.9. The predicted octanol–water partition coefficient (Wildman–Crippen LogP) is 10.2. The van der Waals surface area contributed by atoms with Crippen LogP contribution >= 0.6 is 0 Å². The van der Waals surface area contributed by atoms with Crippen LogP contribution < -0.4 is 0 Å². The Balaban J connectivity index is 1.48. The fraction of sp³-hybridized carbons (Fsp3) is 0.0769. The standard InChI is InChI=1S/C39H13F9N4/c1-14-31(40)33(42)29(34(43)32(14)41)15-2-4-19-21-8-26-22(9-25(21)27(23(19)6-15)17(10-49)11-50)20-5-3-16(7-24(20)28(26)18(12-51)13-52)30-35(44)37(46)39(48)38(47)36(30)45/h2-9,18,28H,1H3. The monoisotopic (exact) mass is 708 g/mol. The Labute approximate surface area is 287 Å². The van der Waals surface area contributed by atoms with Gasteiger partial charge in [0.15, 0.2) is 46.5 Å². The van der Waals surface area contributed by atoms with Gasteiger partial charge in [-0.1, -0.05) is 24.3 Å². The van der Waals surface area contributed by atoms with E-state index < -0.39 is 92.0 Å². The van der Waals surface area contributed by atoms with Crippen LogP contribution in [0.3, 0.4) is 0 Å². The summed E-state index contributed by atoms with van der Waals surface area (Å²) in [4.78, 5) is 0. The number of rotatable bonds is 3. The van der Waals surface area contributed by atoms with Crippen molar-refractivity contribution in [2.24, 2.45) is 5.92 Å². The normalized spacial score (nSPS) is 13.4. The lowest BCUT2D eigenvalue weighted by Gasteiger charge is -2.16. The third-order valence-electron chi connectivity index (χ3n) is 9.41. The zero-order valence-corrected chi connectivity index (χ0v) is 26.0. The van der Waals surface area contributed by atoms with Gasteiger partial charge in [-0.05, 0) is 86.8 Å². The fourth-order valence-corrected chi connectivity index (χ4v) is 7.01. The highest BCUT2D eigenvalue weighted by Gasteiger charge is 2.39. The summed E-state index contributed by atoms with van der Waals surface area (Å²) in [5, 5.41) is 39.8. The Kier molecular flexibility index (Phi) is 7.70. The van der Waals surface area contributed by atoms with E-state index in [0.717, 1.165) is 25.1 Å². The summed E-state index contributed by atoms with van der Waals surface area (Å²) < 4.78 is 131. The van der Waals surface area contributed by atoms with Crippen LogP contribution in [0.2, 0.25) is 0 Å². The first-order valence-corrected chi connectivity index (χ1v) is 15.0. The topological polar surface area (TPSA) is 95.2 Å². The molecule has 0 amide bonds. The lowest BCUT2D eigenvalue weighted by Crippen LogP contribution is -2.09. The predicted molar refractivity (Wildman–Crippen MR) is 166 cm³/mol. The van der Waals surface area contributed by atoms with Crippen LogP contribution in [0.5, 0.6) is 0 Å². The number of hydrogen-bond acceptors (Lipinski definition) is 4. The Bertz CT molecular complexity index is 2620. The second-order valence-electron chi connectivity index (χ2n) is 11.9. The van der Waals surface area contributed by atoms with Gasteiger partial charge in [0.25, 0.3) is 0 Å². The van der Waals surface area contributed by atoms with E-state index in [1.807, 2.05) is 12.1 Å². The molecule has 0 saturated heterocycles. The van der Waals surface area contributed by atoms with E-state index in [1.54, 1.807) is 12.1 Å². The number of allylic oxidation sites excluding steroid dienone is 1. The highest BCUT2D eigenvalue weighted by Crippen LogP contribution is 2.55. The van der Waals surface area contributed by atoms with Crippen LogP contribution in [0.15, 0.2) is 54.1 Å². The molecular weight excluding hydrogens is 695 g/mol. The molecule has 0 N–H and O–H groups in total. The number of nitriles is 4. The van der Waals surface area contributed by atoms with E-state index in [2.05, 4.69) is 0 Å². The number of fused-ring (bicyclic) bond motifs is 6. The molecule has 0 aliphatic heterocycles. The minimum Gasteiger partial charge on any atom is -0.203 e. The molecule has 1 unspecified atom stereocenters. The first-order chi connectivity index (χ1) is 24.8. The first-order valence-electron chi connectivity index (χ1n) is 15.0. The fourth-order valence-electron chi connectivity index (χ4n) is 7.01. The van der Waals surface area contributed by atoms with Crippen molar-refractivity contribution >= 4 is 5.57 Å². The Morgan fingerprint density at radius 1 is 0.500 bits per heavy atom. The molecule has 0 fully saturated rings. The van der Waals surface area contributed by atoms with Crippen LogP contribution in [0.25, 0.3) is 50.1 Å². The number of benzene rings is 5. The van der Waals surface area contributed by atoms with Crippen molar-refractivity contribution in [3.05, 3.63) is 134 Å². The molecule has 0 aromatic heterocycles.